The number of ether oxygens (including phenoxy) is 1. The molecule has 8 heteroatoms. The van der Waals surface area contributed by atoms with Gasteiger partial charge in [0.05, 0.1) is 17.9 Å². The minimum Gasteiger partial charge on any atom is -0.382 e. The number of anilines is 2. The quantitative estimate of drug-likeness (QED) is 0.856. The maximum atomic E-state index is 12.0. The summed E-state index contributed by atoms with van der Waals surface area (Å²) in [6, 6.07) is 0.0353. The van der Waals surface area contributed by atoms with Crippen LogP contribution in [0.25, 0.3) is 0 Å². The zero-order valence-corrected chi connectivity index (χ0v) is 12.7. The van der Waals surface area contributed by atoms with Crippen LogP contribution in [0.1, 0.15) is 26.7 Å². The maximum Gasteiger partial charge on any atom is 0.184 e. The van der Waals surface area contributed by atoms with Crippen LogP contribution in [-0.4, -0.2) is 37.3 Å². The molecule has 0 bridgehead atoms. The molecule has 6 nitrogen and oxygen atoms in total. The summed E-state index contributed by atoms with van der Waals surface area (Å²) in [5, 5.41) is 3.70. The molecular formula is C11H19N3O3S2. The number of hydrogen-bond acceptors (Lipinski definition) is 7. The lowest BCUT2D eigenvalue weighted by atomic mass is 10.1. The van der Waals surface area contributed by atoms with Gasteiger partial charge in [0, 0.05) is 6.61 Å². The molecule has 0 spiro atoms. The minimum absolute atomic E-state index is 0.0125. The molecule has 1 saturated heterocycles. The van der Waals surface area contributed by atoms with E-state index in [0.29, 0.717) is 5.00 Å². The van der Waals surface area contributed by atoms with Gasteiger partial charge in [-0.1, -0.05) is 6.92 Å². The number of rotatable bonds is 5. The summed E-state index contributed by atoms with van der Waals surface area (Å²) in [4.78, 5) is 0.129. The van der Waals surface area contributed by atoms with Crippen LogP contribution in [-0.2, 0) is 14.6 Å². The fraction of sp³-hybridized carbons (Fsp3) is 0.727. The molecule has 2 atom stereocenters. The molecule has 1 aromatic heterocycles. The van der Waals surface area contributed by atoms with Crippen molar-refractivity contribution in [3.05, 3.63) is 0 Å². The van der Waals surface area contributed by atoms with Gasteiger partial charge in [-0.25, -0.2) is 8.42 Å². The first-order chi connectivity index (χ1) is 8.95. The van der Waals surface area contributed by atoms with Crippen molar-refractivity contribution < 1.29 is 13.2 Å². The summed E-state index contributed by atoms with van der Waals surface area (Å²) in [6.45, 7) is 4.34. The first-order valence-corrected chi connectivity index (χ1v) is 8.74. The Morgan fingerprint density at radius 3 is 2.95 bits per heavy atom. The third-order valence-corrected chi connectivity index (χ3v) is 5.96. The van der Waals surface area contributed by atoms with Gasteiger partial charge in [-0.2, -0.15) is 4.37 Å². The van der Waals surface area contributed by atoms with E-state index in [9.17, 15) is 8.42 Å². The zero-order valence-electron chi connectivity index (χ0n) is 11.0. The van der Waals surface area contributed by atoms with E-state index in [0.717, 1.165) is 31.0 Å². The largest absolute Gasteiger partial charge is 0.382 e. The number of aromatic nitrogens is 1. The van der Waals surface area contributed by atoms with E-state index in [1.54, 1.807) is 6.92 Å². The Balaban J connectivity index is 2.21. The Morgan fingerprint density at radius 2 is 2.37 bits per heavy atom. The normalized spacial score (nSPS) is 21.5. The van der Waals surface area contributed by atoms with Gasteiger partial charge in [0.25, 0.3) is 0 Å². The number of nitrogens with one attached hydrogen (secondary N) is 1. The van der Waals surface area contributed by atoms with Crippen molar-refractivity contribution in [3.63, 3.8) is 0 Å². The minimum atomic E-state index is -3.37. The second-order valence-corrected chi connectivity index (χ2v) is 7.60. The fourth-order valence-corrected chi connectivity index (χ4v) is 4.38. The summed E-state index contributed by atoms with van der Waals surface area (Å²) < 4.78 is 33.6. The van der Waals surface area contributed by atoms with Crippen molar-refractivity contribution >= 4 is 32.2 Å². The van der Waals surface area contributed by atoms with E-state index in [4.69, 9.17) is 10.5 Å². The summed E-state index contributed by atoms with van der Waals surface area (Å²) in [5.41, 5.74) is 5.68. The zero-order chi connectivity index (χ0) is 14.0. The Morgan fingerprint density at radius 1 is 1.63 bits per heavy atom. The van der Waals surface area contributed by atoms with Crippen LogP contribution in [0.4, 0.5) is 10.8 Å². The molecule has 0 radical (unpaired) electrons. The van der Waals surface area contributed by atoms with Crippen molar-refractivity contribution in [3.8, 4) is 0 Å². The van der Waals surface area contributed by atoms with E-state index in [2.05, 4.69) is 9.69 Å². The Kier molecular flexibility index (Phi) is 4.32. The Hall–Kier alpha value is -0.860. The van der Waals surface area contributed by atoms with Crippen molar-refractivity contribution in [2.75, 3.05) is 23.4 Å². The van der Waals surface area contributed by atoms with Crippen LogP contribution >= 0.6 is 11.5 Å². The predicted octanol–water partition coefficient (Wildman–Crippen LogP) is 1.50. The van der Waals surface area contributed by atoms with Crippen molar-refractivity contribution in [2.45, 2.75) is 43.7 Å². The molecule has 2 heterocycles. The molecule has 1 aliphatic heterocycles. The molecular weight excluding hydrogens is 286 g/mol. The average molecular weight is 305 g/mol. The standard InChI is InChI=1S/C11H19N3O3S2/c1-3-19(15,16)9-10(12)14-18-11(9)13-7(2)8-5-4-6-17-8/h7-8,13H,3-6H2,1-2H3,(H2,12,14). The number of nitrogen functional groups attached to an aromatic ring is 1. The number of hydrogen-bond donors (Lipinski definition) is 2. The van der Waals surface area contributed by atoms with E-state index in [1.165, 1.54) is 0 Å². The molecule has 2 rings (SSSR count). The van der Waals surface area contributed by atoms with Crippen LogP contribution in [0.15, 0.2) is 4.90 Å². The molecule has 1 fully saturated rings. The first-order valence-electron chi connectivity index (χ1n) is 6.31. The van der Waals surface area contributed by atoms with Gasteiger partial charge in [-0.3, -0.25) is 0 Å². The van der Waals surface area contributed by atoms with Crippen LogP contribution in [0, 0.1) is 0 Å². The lowest BCUT2D eigenvalue weighted by molar-refractivity contribution is 0.0997. The van der Waals surface area contributed by atoms with E-state index < -0.39 is 9.84 Å². The molecule has 1 aliphatic rings. The highest BCUT2D eigenvalue weighted by Crippen LogP contribution is 2.33. The van der Waals surface area contributed by atoms with E-state index >= 15 is 0 Å². The van der Waals surface area contributed by atoms with Gasteiger partial charge >= 0.3 is 0 Å². The second-order valence-electron chi connectivity index (χ2n) is 4.61. The first kappa shape index (κ1) is 14.5. The van der Waals surface area contributed by atoms with E-state index in [-0.39, 0.29) is 28.6 Å². The van der Waals surface area contributed by atoms with Gasteiger partial charge in [0.1, 0.15) is 9.90 Å². The highest BCUT2D eigenvalue weighted by atomic mass is 32.2. The molecule has 1 aromatic rings. The molecule has 3 N–H and O–H groups in total. The van der Waals surface area contributed by atoms with E-state index in [1.807, 2.05) is 6.92 Å². The number of nitrogens with zero attached hydrogens (tertiary/aromatic N) is 1. The smallest absolute Gasteiger partial charge is 0.184 e. The molecule has 19 heavy (non-hydrogen) atoms. The molecule has 0 amide bonds. The summed E-state index contributed by atoms with van der Waals surface area (Å²) in [7, 11) is -3.37. The molecule has 108 valence electrons. The van der Waals surface area contributed by atoms with Crippen LogP contribution in [0.3, 0.4) is 0 Å². The third kappa shape index (κ3) is 3.01. The van der Waals surface area contributed by atoms with Crippen molar-refractivity contribution in [2.24, 2.45) is 0 Å². The number of sulfone groups is 1. The van der Waals surface area contributed by atoms with Gasteiger partial charge in [-0.15, -0.1) is 0 Å². The average Bonchev–Trinajstić information content (AvgIpc) is 2.99. The Labute approximate surface area is 117 Å². The second kappa shape index (κ2) is 5.64. The van der Waals surface area contributed by atoms with Gasteiger partial charge in [-0.05, 0) is 31.3 Å². The maximum absolute atomic E-state index is 12.0. The molecule has 0 aliphatic carbocycles. The summed E-state index contributed by atoms with van der Waals surface area (Å²) in [5.74, 6) is 0.0902. The summed E-state index contributed by atoms with van der Waals surface area (Å²) >= 11 is 1.08. The monoisotopic (exact) mass is 305 g/mol. The SMILES string of the molecule is CCS(=O)(=O)c1c(N)nsc1NC(C)C1CCCO1. The van der Waals surface area contributed by atoms with Crippen LogP contribution < -0.4 is 11.1 Å². The lowest BCUT2D eigenvalue weighted by Crippen LogP contribution is -2.30. The number of nitrogens with two attached hydrogens (primary N) is 1. The van der Waals surface area contributed by atoms with Crippen LogP contribution in [0.5, 0.6) is 0 Å². The van der Waals surface area contributed by atoms with Crippen molar-refractivity contribution in [1.82, 2.24) is 4.37 Å². The van der Waals surface area contributed by atoms with Gasteiger partial charge < -0.3 is 15.8 Å². The van der Waals surface area contributed by atoms with Gasteiger partial charge in [0.15, 0.2) is 15.7 Å². The van der Waals surface area contributed by atoms with Crippen LogP contribution in [0.2, 0.25) is 0 Å². The summed E-state index contributed by atoms with van der Waals surface area (Å²) in [6.07, 6.45) is 2.14. The highest BCUT2D eigenvalue weighted by molar-refractivity contribution is 7.91. The third-order valence-electron chi connectivity index (χ3n) is 3.25. The molecule has 0 aromatic carbocycles. The topological polar surface area (TPSA) is 94.3 Å². The predicted molar refractivity (Wildman–Crippen MR) is 76.3 cm³/mol. The molecule has 2 unspecified atom stereocenters. The lowest BCUT2D eigenvalue weighted by Gasteiger charge is -2.20. The van der Waals surface area contributed by atoms with Crippen molar-refractivity contribution in [1.29, 1.82) is 0 Å². The Bertz CT molecular complexity index is 535. The van der Waals surface area contributed by atoms with Gasteiger partial charge in [0.2, 0.25) is 0 Å². The highest BCUT2D eigenvalue weighted by Gasteiger charge is 2.28. The molecule has 0 saturated carbocycles. The fourth-order valence-electron chi connectivity index (χ4n) is 2.13.